The van der Waals surface area contributed by atoms with Gasteiger partial charge in [0.2, 0.25) is 0 Å². The maximum Gasteiger partial charge on any atom is 0.345 e. The van der Waals surface area contributed by atoms with Crippen LogP contribution in [0.4, 0.5) is 4.79 Å². The number of hydrazine groups is 2. The van der Waals surface area contributed by atoms with Gasteiger partial charge in [-0.15, -0.1) is 0 Å². The van der Waals surface area contributed by atoms with E-state index in [1.807, 2.05) is 0 Å². The van der Waals surface area contributed by atoms with Gasteiger partial charge in [-0.25, -0.2) is 16.5 Å². The normalized spacial score (nSPS) is 29.9. The summed E-state index contributed by atoms with van der Waals surface area (Å²) in [6, 6.07) is -0.257. The molecule has 0 aromatic carbocycles. The zero-order chi connectivity index (χ0) is 12.1. The number of nitrogens with two attached hydrogens (primary N) is 2. The fourth-order valence-corrected chi connectivity index (χ4v) is 2.71. The molecular formula is C11H24N4O. The Hall–Kier alpha value is -0.810. The fourth-order valence-electron chi connectivity index (χ4n) is 2.71. The second kappa shape index (κ2) is 6.06. The van der Waals surface area contributed by atoms with Gasteiger partial charge in [0.25, 0.3) is 0 Å². The van der Waals surface area contributed by atoms with Crippen molar-refractivity contribution in [2.45, 2.75) is 52.0 Å². The van der Waals surface area contributed by atoms with E-state index in [1.54, 1.807) is 0 Å². The third-order valence-corrected chi connectivity index (χ3v) is 3.88. The number of nitrogens with zero attached hydrogens (tertiary/aromatic N) is 1. The molecule has 2 amide bonds. The number of nitrogens with one attached hydrogen (secondary N) is 1. The van der Waals surface area contributed by atoms with Crippen molar-refractivity contribution in [3.05, 3.63) is 0 Å². The second-order valence-electron chi connectivity index (χ2n) is 4.68. The smallest absolute Gasteiger partial charge is 0.275 e. The lowest BCUT2D eigenvalue weighted by Gasteiger charge is -2.39. The molecule has 0 spiro atoms. The largest absolute Gasteiger partial charge is 0.345 e. The molecule has 1 saturated carbocycles. The number of hydrogen-bond donors (Lipinski definition) is 3. The van der Waals surface area contributed by atoms with Gasteiger partial charge in [0, 0.05) is 0 Å². The summed E-state index contributed by atoms with van der Waals surface area (Å²) < 4.78 is 0. The lowest BCUT2D eigenvalue weighted by atomic mass is 9.76. The molecule has 0 radical (unpaired) electrons. The molecule has 5 N–H and O–H groups in total. The number of hydrogen-bond acceptors (Lipinski definition) is 3. The van der Waals surface area contributed by atoms with E-state index in [0.29, 0.717) is 11.8 Å². The monoisotopic (exact) mass is 228 g/mol. The minimum absolute atomic E-state index is 0.132. The van der Waals surface area contributed by atoms with Crippen LogP contribution >= 0.6 is 0 Å². The molecule has 0 heterocycles. The molecule has 5 heteroatoms. The van der Waals surface area contributed by atoms with E-state index in [-0.39, 0.29) is 12.1 Å². The van der Waals surface area contributed by atoms with Crippen molar-refractivity contribution in [1.29, 1.82) is 0 Å². The Bertz CT molecular complexity index is 234. The van der Waals surface area contributed by atoms with E-state index in [2.05, 4.69) is 19.3 Å². The summed E-state index contributed by atoms with van der Waals surface area (Å²) in [7, 11) is 0. The molecule has 0 aromatic rings. The first-order chi connectivity index (χ1) is 7.63. The zero-order valence-electron chi connectivity index (χ0n) is 10.3. The van der Waals surface area contributed by atoms with Crippen LogP contribution in [0.5, 0.6) is 0 Å². The molecule has 0 bridgehead atoms. The minimum Gasteiger partial charge on any atom is -0.275 e. The lowest BCUT2D eigenvalue weighted by molar-refractivity contribution is 0.0943. The maximum atomic E-state index is 11.4. The highest BCUT2D eigenvalue weighted by molar-refractivity contribution is 5.73. The summed E-state index contributed by atoms with van der Waals surface area (Å²) in [5.74, 6) is 12.1. The molecule has 0 aromatic heterocycles. The van der Waals surface area contributed by atoms with Crippen molar-refractivity contribution in [1.82, 2.24) is 10.4 Å². The van der Waals surface area contributed by atoms with Gasteiger partial charge in [-0.2, -0.15) is 0 Å². The highest BCUT2D eigenvalue weighted by Crippen LogP contribution is 2.34. The number of urea groups is 1. The van der Waals surface area contributed by atoms with Gasteiger partial charge >= 0.3 is 6.03 Å². The number of rotatable bonds is 3. The summed E-state index contributed by atoms with van der Waals surface area (Å²) in [5, 5.41) is 1.29. The van der Waals surface area contributed by atoms with Crippen LogP contribution in [0.2, 0.25) is 0 Å². The van der Waals surface area contributed by atoms with Crippen LogP contribution in [-0.2, 0) is 0 Å². The first-order valence-electron chi connectivity index (χ1n) is 6.18. The van der Waals surface area contributed by atoms with Crippen LogP contribution in [-0.4, -0.2) is 17.1 Å². The molecule has 16 heavy (non-hydrogen) atoms. The Morgan fingerprint density at radius 3 is 2.56 bits per heavy atom. The Morgan fingerprint density at radius 1 is 1.38 bits per heavy atom. The molecule has 3 unspecified atom stereocenters. The van der Waals surface area contributed by atoms with Crippen molar-refractivity contribution in [2.24, 2.45) is 23.5 Å². The molecule has 1 aliphatic rings. The summed E-state index contributed by atoms with van der Waals surface area (Å²) in [5.41, 5.74) is 2.10. The van der Waals surface area contributed by atoms with Gasteiger partial charge < -0.3 is 0 Å². The Kier molecular flexibility index (Phi) is 5.02. The summed E-state index contributed by atoms with van der Waals surface area (Å²) in [4.78, 5) is 11.4. The van der Waals surface area contributed by atoms with Gasteiger partial charge in [0.15, 0.2) is 0 Å². The zero-order valence-corrected chi connectivity index (χ0v) is 10.3. The standard InChI is InChI=1S/C11H24N4O/c1-3-8-5-6-9(4-2)10(7-8)15(13)11(16)14-12/h8-10H,3-7,12-13H2,1-2H3,(H,14,16). The van der Waals surface area contributed by atoms with Crippen LogP contribution in [0.25, 0.3) is 0 Å². The summed E-state index contributed by atoms with van der Waals surface area (Å²) in [6.45, 7) is 4.34. The van der Waals surface area contributed by atoms with Crippen molar-refractivity contribution >= 4 is 6.03 Å². The van der Waals surface area contributed by atoms with Crippen LogP contribution in [0.1, 0.15) is 46.0 Å². The van der Waals surface area contributed by atoms with E-state index < -0.39 is 0 Å². The molecule has 5 nitrogen and oxygen atoms in total. The van der Waals surface area contributed by atoms with Crippen LogP contribution < -0.4 is 17.1 Å². The highest BCUT2D eigenvalue weighted by Gasteiger charge is 2.33. The van der Waals surface area contributed by atoms with Gasteiger partial charge in [-0.3, -0.25) is 10.4 Å². The van der Waals surface area contributed by atoms with Crippen molar-refractivity contribution in [3.63, 3.8) is 0 Å². The molecule has 0 aliphatic heterocycles. The molecular weight excluding hydrogens is 204 g/mol. The SMILES string of the molecule is CCC1CCC(CC)C(N(N)C(=O)NN)C1. The van der Waals surface area contributed by atoms with Gasteiger partial charge in [0.05, 0.1) is 6.04 Å². The quantitative estimate of drug-likeness (QED) is 0.387. The molecule has 1 fully saturated rings. The molecule has 1 aliphatic carbocycles. The molecule has 1 rings (SSSR count). The number of carbonyl (C=O) groups excluding carboxylic acids is 1. The topological polar surface area (TPSA) is 84.4 Å². The van der Waals surface area contributed by atoms with Gasteiger partial charge in [0.1, 0.15) is 0 Å². The van der Waals surface area contributed by atoms with Crippen LogP contribution in [0, 0.1) is 11.8 Å². The first-order valence-corrected chi connectivity index (χ1v) is 6.18. The van der Waals surface area contributed by atoms with E-state index >= 15 is 0 Å². The lowest BCUT2D eigenvalue weighted by Crippen LogP contribution is -2.56. The van der Waals surface area contributed by atoms with Gasteiger partial charge in [-0.05, 0) is 24.7 Å². The third kappa shape index (κ3) is 2.86. The van der Waals surface area contributed by atoms with E-state index in [1.165, 1.54) is 11.4 Å². The minimum atomic E-state index is -0.389. The average Bonchev–Trinajstić information content (AvgIpc) is 2.35. The predicted octanol–water partition coefficient (Wildman–Crippen LogP) is 1.35. The number of carbonyl (C=O) groups is 1. The number of amides is 2. The van der Waals surface area contributed by atoms with Crippen molar-refractivity contribution < 1.29 is 4.79 Å². The van der Waals surface area contributed by atoms with E-state index in [0.717, 1.165) is 25.7 Å². The molecule has 0 saturated heterocycles. The highest BCUT2D eigenvalue weighted by atomic mass is 16.2. The fraction of sp³-hybridized carbons (Fsp3) is 0.909. The van der Waals surface area contributed by atoms with Crippen molar-refractivity contribution in [2.75, 3.05) is 0 Å². The Balaban J connectivity index is 2.67. The molecule has 94 valence electrons. The Labute approximate surface area is 97.5 Å². The predicted molar refractivity (Wildman–Crippen MR) is 63.9 cm³/mol. The van der Waals surface area contributed by atoms with Crippen LogP contribution in [0.3, 0.4) is 0 Å². The van der Waals surface area contributed by atoms with Crippen molar-refractivity contribution in [3.8, 4) is 0 Å². The first kappa shape index (κ1) is 13.3. The third-order valence-electron chi connectivity index (χ3n) is 3.88. The van der Waals surface area contributed by atoms with Crippen LogP contribution in [0.15, 0.2) is 0 Å². The summed E-state index contributed by atoms with van der Waals surface area (Å²) >= 11 is 0. The Morgan fingerprint density at radius 2 is 2.06 bits per heavy atom. The van der Waals surface area contributed by atoms with Gasteiger partial charge in [-0.1, -0.05) is 33.1 Å². The maximum absolute atomic E-state index is 11.4. The van der Waals surface area contributed by atoms with E-state index in [9.17, 15) is 4.79 Å². The summed E-state index contributed by atoms with van der Waals surface area (Å²) in [6.07, 6.45) is 5.63. The average molecular weight is 228 g/mol. The van der Waals surface area contributed by atoms with E-state index in [4.69, 9.17) is 11.7 Å². The molecule has 3 atom stereocenters. The second-order valence-corrected chi connectivity index (χ2v) is 4.68.